The van der Waals surface area contributed by atoms with Crippen LogP contribution in [0.25, 0.3) is 4.96 Å². The molecule has 1 atom stereocenters. The van der Waals surface area contributed by atoms with E-state index in [1.807, 2.05) is 0 Å². The van der Waals surface area contributed by atoms with Gasteiger partial charge in [0.15, 0.2) is 10.2 Å². The SMILES string of the molecule is Cc1ccccc1CSc1nn2c(C(N)CC(C)C)nnc2s1. The first-order valence-electron chi connectivity index (χ1n) is 7.69. The van der Waals surface area contributed by atoms with Gasteiger partial charge in [-0.25, -0.2) is 0 Å². The Kier molecular flexibility index (Phi) is 4.99. The van der Waals surface area contributed by atoms with Crippen LogP contribution in [0.3, 0.4) is 0 Å². The van der Waals surface area contributed by atoms with E-state index in [2.05, 4.69) is 60.3 Å². The number of aromatic nitrogens is 4. The molecule has 1 unspecified atom stereocenters. The zero-order valence-corrected chi connectivity index (χ0v) is 15.2. The molecule has 0 spiro atoms. The first kappa shape index (κ1) is 16.4. The Morgan fingerprint density at radius 3 is 2.78 bits per heavy atom. The zero-order chi connectivity index (χ0) is 16.4. The van der Waals surface area contributed by atoms with Gasteiger partial charge in [0, 0.05) is 5.75 Å². The molecular formula is C16H21N5S2. The quantitative estimate of drug-likeness (QED) is 0.686. The van der Waals surface area contributed by atoms with Crippen molar-refractivity contribution in [2.75, 3.05) is 0 Å². The maximum absolute atomic E-state index is 6.24. The Morgan fingerprint density at radius 2 is 2.04 bits per heavy atom. The van der Waals surface area contributed by atoms with E-state index in [1.165, 1.54) is 11.1 Å². The predicted octanol–water partition coefficient (Wildman–Crippen LogP) is 3.83. The third-order valence-electron chi connectivity index (χ3n) is 3.67. The number of benzene rings is 1. The average Bonchev–Trinajstić information content (AvgIpc) is 3.05. The summed E-state index contributed by atoms with van der Waals surface area (Å²) in [4.78, 5) is 0.812. The van der Waals surface area contributed by atoms with Gasteiger partial charge >= 0.3 is 0 Å². The maximum Gasteiger partial charge on any atom is 0.235 e. The Hall–Kier alpha value is -1.44. The summed E-state index contributed by atoms with van der Waals surface area (Å²) >= 11 is 3.30. The Bertz CT molecular complexity index is 793. The summed E-state index contributed by atoms with van der Waals surface area (Å²) in [5.74, 6) is 2.18. The van der Waals surface area contributed by atoms with Crippen LogP contribution >= 0.6 is 23.1 Å². The first-order chi connectivity index (χ1) is 11.0. The van der Waals surface area contributed by atoms with Crippen molar-refractivity contribution in [3.8, 4) is 0 Å². The highest BCUT2D eigenvalue weighted by atomic mass is 32.2. The van der Waals surface area contributed by atoms with Crippen molar-refractivity contribution in [1.82, 2.24) is 19.8 Å². The van der Waals surface area contributed by atoms with E-state index in [9.17, 15) is 0 Å². The molecule has 0 saturated carbocycles. The number of nitrogens with two attached hydrogens (primary N) is 1. The fourth-order valence-corrected chi connectivity index (χ4v) is 4.39. The van der Waals surface area contributed by atoms with Crippen LogP contribution in [-0.2, 0) is 5.75 Å². The van der Waals surface area contributed by atoms with Crippen LogP contribution in [0, 0.1) is 12.8 Å². The van der Waals surface area contributed by atoms with E-state index in [0.29, 0.717) is 5.92 Å². The molecule has 3 rings (SSSR count). The van der Waals surface area contributed by atoms with Crippen LogP contribution in [0.5, 0.6) is 0 Å². The molecule has 0 aliphatic carbocycles. The number of rotatable bonds is 6. The minimum absolute atomic E-state index is 0.124. The van der Waals surface area contributed by atoms with Crippen LogP contribution in [0.2, 0.25) is 0 Å². The van der Waals surface area contributed by atoms with E-state index in [-0.39, 0.29) is 6.04 Å². The lowest BCUT2D eigenvalue weighted by Gasteiger charge is -2.10. The van der Waals surface area contributed by atoms with Crippen molar-refractivity contribution in [2.45, 2.75) is 43.3 Å². The van der Waals surface area contributed by atoms with Gasteiger partial charge in [-0.15, -0.1) is 15.3 Å². The molecule has 0 aliphatic rings. The molecule has 7 heteroatoms. The highest BCUT2D eigenvalue weighted by Gasteiger charge is 2.18. The lowest BCUT2D eigenvalue weighted by Crippen LogP contribution is -2.16. The lowest BCUT2D eigenvalue weighted by molar-refractivity contribution is 0.485. The summed E-state index contributed by atoms with van der Waals surface area (Å²) < 4.78 is 2.80. The van der Waals surface area contributed by atoms with Crippen molar-refractivity contribution in [2.24, 2.45) is 11.7 Å². The Morgan fingerprint density at radius 1 is 1.26 bits per heavy atom. The van der Waals surface area contributed by atoms with Gasteiger partial charge in [-0.05, 0) is 30.4 Å². The normalized spacial score (nSPS) is 13.1. The maximum atomic E-state index is 6.24. The predicted molar refractivity (Wildman–Crippen MR) is 95.8 cm³/mol. The highest BCUT2D eigenvalue weighted by molar-refractivity contribution is 8.00. The number of nitrogens with zero attached hydrogens (tertiary/aromatic N) is 4. The summed E-state index contributed by atoms with van der Waals surface area (Å²) in [6.07, 6.45) is 0.879. The van der Waals surface area contributed by atoms with Gasteiger partial charge in [-0.2, -0.15) is 4.52 Å². The lowest BCUT2D eigenvalue weighted by atomic mass is 10.0. The van der Waals surface area contributed by atoms with Gasteiger partial charge in [0.05, 0.1) is 6.04 Å². The molecule has 0 fully saturated rings. The second-order valence-corrected chi connectivity index (χ2v) is 8.25. The number of hydrogen-bond donors (Lipinski definition) is 1. The van der Waals surface area contributed by atoms with Crippen LogP contribution in [0.1, 0.15) is 43.3 Å². The Balaban J connectivity index is 1.76. The third kappa shape index (κ3) is 3.73. The smallest absolute Gasteiger partial charge is 0.235 e. The molecule has 23 heavy (non-hydrogen) atoms. The molecular weight excluding hydrogens is 326 g/mol. The van der Waals surface area contributed by atoms with Gasteiger partial charge in [-0.3, -0.25) is 0 Å². The number of fused-ring (bicyclic) bond motifs is 1. The van der Waals surface area contributed by atoms with Gasteiger partial charge in [0.25, 0.3) is 0 Å². The van der Waals surface area contributed by atoms with Gasteiger partial charge in [-0.1, -0.05) is 61.2 Å². The number of aryl methyl sites for hydroxylation is 1. The van der Waals surface area contributed by atoms with Gasteiger partial charge in [0.2, 0.25) is 4.96 Å². The molecule has 2 N–H and O–H groups in total. The van der Waals surface area contributed by atoms with Gasteiger partial charge in [0.1, 0.15) is 0 Å². The van der Waals surface area contributed by atoms with Crippen molar-refractivity contribution in [1.29, 1.82) is 0 Å². The largest absolute Gasteiger partial charge is 0.321 e. The summed E-state index contributed by atoms with van der Waals surface area (Å²) in [5.41, 5.74) is 8.88. The molecule has 0 aliphatic heterocycles. The van der Waals surface area contributed by atoms with Crippen LogP contribution in [0.15, 0.2) is 28.6 Å². The molecule has 3 aromatic rings. The molecule has 1 aromatic carbocycles. The minimum Gasteiger partial charge on any atom is -0.321 e. The first-order valence-corrected chi connectivity index (χ1v) is 9.50. The molecule has 2 aromatic heterocycles. The van der Waals surface area contributed by atoms with E-state index < -0.39 is 0 Å². The molecule has 0 amide bonds. The summed E-state index contributed by atoms with van der Waals surface area (Å²) in [5, 5.41) is 13.1. The number of hydrogen-bond acceptors (Lipinski definition) is 6. The van der Waals surface area contributed by atoms with E-state index >= 15 is 0 Å². The molecule has 122 valence electrons. The summed E-state index contributed by atoms with van der Waals surface area (Å²) in [7, 11) is 0. The highest BCUT2D eigenvalue weighted by Crippen LogP contribution is 2.29. The monoisotopic (exact) mass is 347 g/mol. The summed E-state index contributed by atoms with van der Waals surface area (Å²) in [6, 6.07) is 8.31. The molecule has 0 saturated heterocycles. The minimum atomic E-state index is -0.124. The number of thioether (sulfide) groups is 1. The average molecular weight is 348 g/mol. The fourth-order valence-electron chi connectivity index (χ4n) is 2.43. The fraction of sp³-hybridized carbons (Fsp3) is 0.438. The van der Waals surface area contributed by atoms with Crippen molar-refractivity contribution >= 4 is 28.1 Å². The molecule has 0 bridgehead atoms. The molecule has 2 heterocycles. The third-order valence-corrected chi connectivity index (χ3v) is 5.75. The second-order valence-electron chi connectivity index (χ2n) is 6.07. The van der Waals surface area contributed by atoms with Crippen molar-refractivity contribution in [3.63, 3.8) is 0 Å². The summed E-state index contributed by atoms with van der Waals surface area (Å²) in [6.45, 7) is 6.45. The molecule has 0 radical (unpaired) electrons. The van der Waals surface area contributed by atoms with Crippen molar-refractivity contribution < 1.29 is 0 Å². The van der Waals surface area contributed by atoms with E-state index in [0.717, 1.165) is 27.3 Å². The second kappa shape index (κ2) is 6.98. The Labute approximate surface area is 144 Å². The van der Waals surface area contributed by atoms with Crippen molar-refractivity contribution in [3.05, 3.63) is 41.2 Å². The van der Waals surface area contributed by atoms with Crippen LogP contribution in [-0.4, -0.2) is 19.8 Å². The van der Waals surface area contributed by atoms with Gasteiger partial charge < -0.3 is 5.73 Å². The standard InChI is InChI=1S/C16H21N5S2/c1-10(2)8-13(17)14-18-19-15-21(14)20-16(23-15)22-9-12-7-5-4-6-11(12)3/h4-7,10,13H,8-9,17H2,1-3H3. The van der Waals surface area contributed by atoms with Crippen LogP contribution < -0.4 is 5.73 Å². The van der Waals surface area contributed by atoms with E-state index in [1.54, 1.807) is 27.6 Å². The topological polar surface area (TPSA) is 69.1 Å². The van der Waals surface area contributed by atoms with Crippen LogP contribution in [0.4, 0.5) is 0 Å². The zero-order valence-electron chi connectivity index (χ0n) is 13.6. The van der Waals surface area contributed by atoms with E-state index in [4.69, 9.17) is 5.73 Å². The molecule has 5 nitrogen and oxygen atoms in total.